The molecule has 0 aliphatic heterocycles. The Hall–Kier alpha value is -3.27. The summed E-state index contributed by atoms with van der Waals surface area (Å²) in [5.74, 6) is 0.718. The minimum absolute atomic E-state index is 0.409. The van der Waals surface area contributed by atoms with E-state index in [2.05, 4.69) is 10.5 Å². The summed E-state index contributed by atoms with van der Waals surface area (Å²) in [6, 6.07) is 8.52. The van der Waals surface area contributed by atoms with Crippen molar-refractivity contribution < 1.29 is 27.4 Å². The fourth-order valence-corrected chi connectivity index (χ4v) is 3.65. The molecule has 2 aromatic carbocycles. The Morgan fingerprint density at radius 1 is 1.03 bits per heavy atom. The fraction of sp³-hybridized carbons (Fsp3) is 0.333. The fourth-order valence-electron chi connectivity index (χ4n) is 2.80. The number of aryl methyl sites for hydroxylation is 2. The Kier molecular flexibility index (Phi) is 7.87. The summed E-state index contributed by atoms with van der Waals surface area (Å²) in [5, 5.41) is 3.91. The largest absolute Gasteiger partial charge is 0.493 e. The van der Waals surface area contributed by atoms with Crippen molar-refractivity contribution in [1.82, 2.24) is 5.43 Å². The van der Waals surface area contributed by atoms with Gasteiger partial charge in [0.25, 0.3) is 5.91 Å². The van der Waals surface area contributed by atoms with E-state index in [4.69, 9.17) is 14.2 Å². The van der Waals surface area contributed by atoms with Crippen LogP contribution in [0.2, 0.25) is 0 Å². The molecule has 0 bridgehead atoms. The number of rotatable bonds is 9. The second-order valence-electron chi connectivity index (χ2n) is 6.79. The maximum Gasteiger partial charge on any atom is 0.260 e. The molecule has 0 spiro atoms. The Bertz CT molecular complexity index is 1060. The first-order chi connectivity index (χ1) is 14.6. The van der Waals surface area contributed by atoms with Gasteiger partial charge in [0.05, 0.1) is 39.5 Å². The molecule has 0 aromatic heterocycles. The van der Waals surface area contributed by atoms with E-state index in [0.717, 1.165) is 21.7 Å². The molecular formula is C21H27N3O6S. The molecule has 0 atom stereocenters. The summed E-state index contributed by atoms with van der Waals surface area (Å²) < 4.78 is 41.3. The van der Waals surface area contributed by atoms with E-state index in [-0.39, 0.29) is 0 Å². The first kappa shape index (κ1) is 24.0. The lowest BCUT2D eigenvalue weighted by Gasteiger charge is -2.22. The van der Waals surface area contributed by atoms with E-state index in [1.54, 1.807) is 24.3 Å². The minimum Gasteiger partial charge on any atom is -0.493 e. The van der Waals surface area contributed by atoms with E-state index >= 15 is 0 Å². The Morgan fingerprint density at radius 2 is 1.65 bits per heavy atom. The number of carbonyl (C=O) groups is 1. The summed E-state index contributed by atoms with van der Waals surface area (Å²) in [6.07, 6.45) is 2.44. The van der Waals surface area contributed by atoms with Crippen LogP contribution in [-0.4, -0.2) is 54.7 Å². The smallest absolute Gasteiger partial charge is 0.260 e. The third-order valence-corrected chi connectivity index (χ3v) is 5.70. The number of carbonyl (C=O) groups excluding carboxylic acids is 1. The van der Waals surface area contributed by atoms with Gasteiger partial charge in [-0.25, -0.2) is 13.8 Å². The number of sulfonamides is 1. The SMILES string of the molecule is COc1cc(/C=N\NC(=O)CN(c2ccc(C)c(C)c2)S(C)(=O)=O)cc(OC)c1OC. The standard InChI is InChI=1S/C21H27N3O6S/c1-14-7-8-17(9-15(14)2)24(31(6,26)27)13-20(25)23-22-12-16-10-18(28-3)21(30-5)19(11-16)29-4/h7-12H,13H2,1-6H3,(H,23,25)/b22-12-. The highest BCUT2D eigenvalue weighted by Gasteiger charge is 2.21. The third kappa shape index (κ3) is 6.11. The Balaban J connectivity index is 2.17. The third-order valence-electron chi connectivity index (χ3n) is 4.56. The topological polar surface area (TPSA) is 107 Å². The maximum atomic E-state index is 12.4. The number of hydrogen-bond donors (Lipinski definition) is 1. The zero-order valence-corrected chi connectivity index (χ0v) is 19.2. The van der Waals surface area contributed by atoms with E-state index in [9.17, 15) is 13.2 Å². The molecule has 0 heterocycles. The quantitative estimate of drug-likeness (QED) is 0.465. The molecular weight excluding hydrogens is 422 g/mol. The van der Waals surface area contributed by atoms with E-state index < -0.39 is 22.5 Å². The van der Waals surface area contributed by atoms with Gasteiger partial charge >= 0.3 is 0 Å². The molecule has 0 radical (unpaired) electrons. The molecule has 1 N–H and O–H groups in total. The summed E-state index contributed by atoms with van der Waals surface area (Å²) in [5.41, 5.74) is 5.29. The van der Waals surface area contributed by atoms with Gasteiger partial charge in [-0.2, -0.15) is 5.10 Å². The summed E-state index contributed by atoms with van der Waals surface area (Å²) >= 11 is 0. The van der Waals surface area contributed by atoms with Crippen molar-refractivity contribution in [3.63, 3.8) is 0 Å². The lowest BCUT2D eigenvalue weighted by atomic mass is 10.1. The van der Waals surface area contributed by atoms with Gasteiger partial charge in [0.15, 0.2) is 11.5 Å². The number of anilines is 1. The van der Waals surface area contributed by atoms with Gasteiger partial charge in [-0.3, -0.25) is 9.10 Å². The van der Waals surface area contributed by atoms with E-state index in [1.165, 1.54) is 27.5 Å². The number of nitrogens with one attached hydrogen (secondary N) is 1. The molecule has 0 fully saturated rings. The zero-order chi connectivity index (χ0) is 23.2. The van der Waals surface area contributed by atoms with Crippen LogP contribution in [0.25, 0.3) is 0 Å². The van der Waals surface area contributed by atoms with Crippen LogP contribution in [0.5, 0.6) is 17.2 Å². The van der Waals surface area contributed by atoms with Crippen molar-refractivity contribution in [2.24, 2.45) is 5.10 Å². The molecule has 31 heavy (non-hydrogen) atoms. The molecule has 0 saturated carbocycles. The van der Waals surface area contributed by atoms with Gasteiger partial charge < -0.3 is 14.2 Å². The number of ether oxygens (including phenoxy) is 3. The Morgan fingerprint density at radius 3 is 2.13 bits per heavy atom. The van der Waals surface area contributed by atoms with E-state index in [0.29, 0.717) is 28.5 Å². The second kappa shape index (κ2) is 10.2. The first-order valence-corrected chi connectivity index (χ1v) is 11.1. The van der Waals surface area contributed by atoms with Gasteiger partial charge in [-0.15, -0.1) is 0 Å². The predicted octanol–water partition coefficient (Wildman–Crippen LogP) is 2.25. The van der Waals surface area contributed by atoms with Crippen molar-refractivity contribution in [3.8, 4) is 17.2 Å². The van der Waals surface area contributed by atoms with Crippen molar-refractivity contribution in [1.29, 1.82) is 0 Å². The van der Waals surface area contributed by atoms with Crippen LogP contribution in [0.15, 0.2) is 35.4 Å². The maximum absolute atomic E-state index is 12.4. The summed E-state index contributed by atoms with van der Waals surface area (Å²) in [7, 11) is 0.811. The molecule has 0 aliphatic rings. The molecule has 0 saturated heterocycles. The van der Waals surface area contributed by atoms with Crippen molar-refractivity contribution in [2.75, 3.05) is 38.4 Å². The van der Waals surface area contributed by atoms with Gasteiger partial charge in [0.1, 0.15) is 6.54 Å². The van der Waals surface area contributed by atoms with Crippen LogP contribution in [0, 0.1) is 13.8 Å². The van der Waals surface area contributed by atoms with Crippen LogP contribution >= 0.6 is 0 Å². The number of benzene rings is 2. The normalized spacial score (nSPS) is 11.3. The average Bonchev–Trinajstić information content (AvgIpc) is 2.72. The number of nitrogens with zero attached hydrogens (tertiary/aromatic N) is 2. The number of hydrazone groups is 1. The molecule has 10 heteroatoms. The predicted molar refractivity (Wildman–Crippen MR) is 120 cm³/mol. The first-order valence-electron chi connectivity index (χ1n) is 9.27. The Labute approximate surface area is 182 Å². The molecule has 2 aromatic rings. The van der Waals surface area contributed by atoms with Crippen molar-refractivity contribution in [2.45, 2.75) is 13.8 Å². The van der Waals surface area contributed by atoms with Crippen LogP contribution < -0.4 is 23.9 Å². The highest BCUT2D eigenvalue weighted by Crippen LogP contribution is 2.37. The van der Waals surface area contributed by atoms with E-state index in [1.807, 2.05) is 19.9 Å². The van der Waals surface area contributed by atoms with Gasteiger partial charge in [-0.05, 0) is 49.2 Å². The highest BCUT2D eigenvalue weighted by molar-refractivity contribution is 7.92. The van der Waals surface area contributed by atoms with Crippen LogP contribution in [0.4, 0.5) is 5.69 Å². The van der Waals surface area contributed by atoms with Crippen LogP contribution in [-0.2, 0) is 14.8 Å². The minimum atomic E-state index is -3.67. The molecule has 9 nitrogen and oxygen atoms in total. The van der Waals surface area contributed by atoms with Gasteiger partial charge in [-0.1, -0.05) is 6.07 Å². The number of amides is 1. The molecule has 0 aliphatic carbocycles. The summed E-state index contributed by atoms with van der Waals surface area (Å²) in [6.45, 7) is 3.39. The number of methoxy groups -OCH3 is 3. The molecule has 168 valence electrons. The monoisotopic (exact) mass is 449 g/mol. The number of hydrogen-bond acceptors (Lipinski definition) is 7. The molecule has 0 unspecified atom stereocenters. The van der Waals surface area contributed by atoms with Crippen molar-refractivity contribution in [3.05, 3.63) is 47.0 Å². The lowest BCUT2D eigenvalue weighted by molar-refractivity contribution is -0.119. The van der Waals surface area contributed by atoms with Gasteiger partial charge in [0.2, 0.25) is 15.8 Å². The second-order valence-corrected chi connectivity index (χ2v) is 8.70. The lowest BCUT2D eigenvalue weighted by Crippen LogP contribution is -2.39. The van der Waals surface area contributed by atoms with Crippen LogP contribution in [0.1, 0.15) is 16.7 Å². The highest BCUT2D eigenvalue weighted by atomic mass is 32.2. The average molecular weight is 450 g/mol. The molecule has 1 amide bonds. The molecule has 2 rings (SSSR count). The van der Waals surface area contributed by atoms with Crippen LogP contribution in [0.3, 0.4) is 0 Å². The van der Waals surface area contributed by atoms with Crippen molar-refractivity contribution >= 4 is 27.8 Å². The van der Waals surface area contributed by atoms with Gasteiger partial charge in [0, 0.05) is 5.56 Å². The zero-order valence-electron chi connectivity index (χ0n) is 18.4. The summed E-state index contributed by atoms with van der Waals surface area (Å²) in [4.78, 5) is 12.4.